The lowest BCUT2D eigenvalue weighted by molar-refractivity contribution is 0.0601. The number of carbonyl (C=O) groups excluding carboxylic acids is 1. The molecule has 1 aliphatic rings. The highest BCUT2D eigenvalue weighted by Gasteiger charge is 2.19. The topological polar surface area (TPSA) is 26.3 Å². The maximum atomic E-state index is 12.1. The highest BCUT2D eigenvalue weighted by atomic mass is 35.5. The van der Waals surface area contributed by atoms with Gasteiger partial charge in [-0.05, 0) is 37.0 Å². The van der Waals surface area contributed by atoms with Crippen molar-refractivity contribution in [1.29, 1.82) is 0 Å². The number of ketones is 1. The molecular weight excluding hydrogens is 259 g/mol. The number of hydrogen-bond donors (Lipinski definition) is 0. The third-order valence-electron chi connectivity index (χ3n) is 3.05. The van der Waals surface area contributed by atoms with E-state index in [1.54, 1.807) is 18.2 Å². The standard InChI is InChI=1S/C13H14Cl2O2/c14-10-1-2-11(12(15)8-10)13(16)7-9-3-5-17-6-4-9/h1-2,8-9H,3-7H2. The Balaban J connectivity index is 2.03. The van der Waals surface area contributed by atoms with Gasteiger partial charge >= 0.3 is 0 Å². The van der Waals surface area contributed by atoms with E-state index in [4.69, 9.17) is 27.9 Å². The van der Waals surface area contributed by atoms with Gasteiger partial charge in [0.2, 0.25) is 0 Å². The number of benzene rings is 1. The molecule has 0 aliphatic carbocycles. The highest BCUT2D eigenvalue weighted by molar-refractivity contribution is 6.36. The summed E-state index contributed by atoms with van der Waals surface area (Å²) in [4.78, 5) is 12.1. The molecule has 1 fully saturated rings. The molecular formula is C13H14Cl2O2. The predicted molar refractivity (Wildman–Crippen MR) is 69.0 cm³/mol. The molecule has 0 amide bonds. The zero-order chi connectivity index (χ0) is 12.3. The second kappa shape index (κ2) is 5.85. The lowest BCUT2D eigenvalue weighted by Crippen LogP contribution is -2.18. The molecule has 0 radical (unpaired) electrons. The van der Waals surface area contributed by atoms with Gasteiger partial charge in [0.1, 0.15) is 0 Å². The van der Waals surface area contributed by atoms with Gasteiger partial charge in [-0.1, -0.05) is 23.2 Å². The van der Waals surface area contributed by atoms with E-state index >= 15 is 0 Å². The van der Waals surface area contributed by atoms with Crippen LogP contribution in [0, 0.1) is 5.92 Å². The Kier molecular flexibility index (Phi) is 4.43. The second-order valence-electron chi connectivity index (χ2n) is 4.31. The molecule has 1 aromatic rings. The summed E-state index contributed by atoms with van der Waals surface area (Å²) in [5, 5.41) is 0.993. The van der Waals surface area contributed by atoms with Crippen LogP contribution in [0.15, 0.2) is 18.2 Å². The van der Waals surface area contributed by atoms with Gasteiger partial charge in [0.25, 0.3) is 0 Å². The average molecular weight is 273 g/mol. The summed E-state index contributed by atoms with van der Waals surface area (Å²) in [6.45, 7) is 1.51. The van der Waals surface area contributed by atoms with Gasteiger partial charge in [-0.2, -0.15) is 0 Å². The van der Waals surface area contributed by atoms with Crippen LogP contribution >= 0.6 is 23.2 Å². The molecule has 0 spiro atoms. The SMILES string of the molecule is O=C(CC1CCOCC1)c1ccc(Cl)cc1Cl. The van der Waals surface area contributed by atoms with E-state index in [0.29, 0.717) is 27.9 Å². The van der Waals surface area contributed by atoms with Crippen LogP contribution in [0.2, 0.25) is 10.0 Å². The van der Waals surface area contributed by atoms with E-state index in [0.717, 1.165) is 26.1 Å². The molecule has 0 bridgehead atoms. The predicted octanol–water partition coefficient (Wildman–Crippen LogP) is 3.99. The fourth-order valence-corrected chi connectivity index (χ4v) is 2.55. The smallest absolute Gasteiger partial charge is 0.164 e. The van der Waals surface area contributed by atoms with Gasteiger partial charge in [-0.25, -0.2) is 0 Å². The van der Waals surface area contributed by atoms with Crippen molar-refractivity contribution in [2.24, 2.45) is 5.92 Å². The van der Waals surface area contributed by atoms with Crippen LogP contribution in [0.5, 0.6) is 0 Å². The summed E-state index contributed by atoms with van der Waals surface area (Å²) < 4.78 is 5.27. The molecule has 0 aromatic heterocycles. The normalized spacial score (nSPS) is 17.1. The Labute approximate surface area is 111 Å². The van der Waals surface area contributed by atoms with E-state index < -0.39 is 0 Å². The van der Waals surface area contributed by atoms with E-state index in [9.17, 15) is 4.79 Å². The van der Waals surface area contributed by atoms with E-state index in [1.807, 2.05) is 0 Å². The molecule has 1 heterocycles. The van der Waals surface area contributed by atoms with Crippen LogP contribution in [0.25, 0.3) is 0 Å². The van der Waals surface area contributed by atoms with Crippen LogP contribution in [-0.4, -0.2) is 19.0 Å². The lowest BCUT2D eigenvalue weighted by Gasteiger charge is -2.21. The third kappa shape index (κ3) is 3.44. The maximum absolute atomic E-state index is 12.1. The molecule has 2 rings (SSSR count). The zero-order valence-electron chi connectivity index (χ0n) is 9.42. The highest BCUT2D eigenvalue weighted by Crippen LogP contribution is 2.26. The van der Waals surface area contributed by atoms with Crippen molar-refractivity contribution >= 4 is 29.0 Å². The molecule has 2 nitrogen and oxygen atoms in total. The second-order valence-corrected chi connectivity index (χ2v) is 5.15. The number of ether oxygens (including phenoxy) is 1. The number of hydrogen-bond acceptors (Lipinski definition) is 2. The van der Waals surface area contributed by atoms with Gasteiger partial charge in [0.05, 0.1) is 5.02 Å². The molecule has 17 heavy (non-hydrogen) atoms. The van der Waals surface area contributed by atoms with Crippen molar-refractivity contribution in [3.63, 3.8) is 0 Å². The molecule has 0 unspecified atom stereocenters. The zero-order valence-corrected chi connectivity index (χ0v) is 10.9. The molecule has 1 aliphatic heterocycles. The molecule has 1 saturated heterocycles. The summed E-state index contributed by atoms with van der Waals surface area (Å²) in [6.07, 6.45) is 2.46. The van der Waals surface area contributed by atoms with Crippen molar-refractivity contribution in [1.82, 2.24) is 0 Å². The van der Waals surface area contributed by atoms with Crippen molar-refractivity contribution in [3.05, 3.63) is 33.8 Å². The molecule has 0 saturated carbocycles. The fourth-order valence-electron chi connectivity index (χ4n) is 2.04. The number of rotatable bonds is 3. The summed E-state index contributed by atoms with van der Waals surface area (Å²) >= 11 is 11.8. The first-order chi connectivity index (χ1) is 8.16. The summed E-state index contributed by atoms with van der Waals surface area (Å²) in [5.41, 5.74) is 0.572. The summed E-state index contributed by atoms with van der Waals surface area (Å²) in [7, 11) is 0. The van der Waals surface area contributed by atoms with Gasteiger partial charge in [0.15, 0.2) is 5.78 Å². The monoisotopic (exact) mass is 272 g/mol. The Morgan fingerprint density at radius 3 is 2.65 bits per heavy atom. The van der Waals surface area contributed by atoms with Gasteiger partial charge in [-0.15, -0.1) is 0 Å². The minimum Gasteiger partial charge on any atom is -0.381 e. The van der Waals surface area contributed by atoms with Gasteiger partial charge in [0, 0.05) is 30.2 Å². The van der Waals surface area contributed by atoms with Crippen LogP contribution in [0.4, 0.5) is 0 Å². The van der Waals surface area contributed by atoms with E-state index in [1.165, 1.54) is 0 Å². The molecule has 0 N–H and O–H groups in total. The van der Waals surface area contributed by atoms with Crippen molar-refractivity contribution in [3.8, 4) is 0 Å². The number of carbonyl (C=O) groups is 1. The molecule has 4 heteroatoms. The maximum Gasteiger partial charge on any atom is 0.164 e. The lowest BCUT2D eigenvalue weighted by atomic mass is 9.92. The van der Waals surface area contributed by atoms with Crippen molar-refractivity contribution in [2.75, 3.05) is 13.2 Å². The first-order valence-corrected chi connectivity index (χ1v) is 6.48. The third-order valence-corrected chi connectivity index (χ3v) is 3.59. The summed E-state index contributed by atoms with van der Waals surface area (Å²) in [6, 6.07) is 5.01. The average Bonchev–Trinajstić information content (AvgIpc) is 2.30. The molecule has 1 aromatic carbocycles. The largest absolute Gasteiger partial charge is 0.381 e. The van der Waals surface area contributed by atoms with E-state index in [-0.39, 0.29) is 5.78 Å². The number of halogens is 2. The molecule has 92 valence electrons. The number of Topliss-reactive ketones (excluding diaryl/α,β-unsaturated/α-hetero) is 1. The quantitative estimate of drug-likeness (QED) is 0.778. The molecule has 0 atom stereocenters. The van der Waals surface area contributed by atoms with Crippen molar-refractivity contribution < 1.29 is 9.53 Å². The minimum atomic E-state index is 0.0959. The Morgan fingerprint density at radius 2 is 2.00 bits per heavy atom. The van der Waals surface area contributed by atoms with Crippen LogP contribution in [0.1, 0.15) is 29.6 Å². The first kappa shape index (κ1) is 12.9. The van der Waals surface area contributed by atoms with Crippen LogP contribution < -0.4 is 0 Å². The van der Waals surface area contributed by atoms with Gasteiger partial charge in [-0.3, -0.25) is 4.79 Å². The first-order valence-electron chi connectivity index (χ1n) is 5.73. The van der Waals surface area contributed by atoms with E-state index in [2.05, 4.69) is 0 Å². The van der Waals surface area contributed by atoms with Crippen LogP contribution in [0.3, 0.4) is 0 Å². The van der Waals surface area contributed by atoms with Crippen LogP contribution in [-0.2, 0) is 4.74 Å². The Morgan fingerprint density at radius 1 is 1.29 bits per heavy atom. The summed E-state index contributed by atoms with van der Waals surface area (Å²) in [5.74, 6) is 0.515. The Bertz CT molecular complexity index is 412. The van der Waals surface area contributed by atoms with Gasteiger partial charge < -0.3 is 4.74 Å². The Hall–Kier alpha value is -0.570. The van der Waals surface area contributed by atoms with Crippen molar-refractivity contribution in [2.45, 2.75) is 19.3 Å². The minimum absolute atomic E-state index is 0.0959. The fraction of sp³-hybridized carbons (Fsp3) is 0.462.